The molecular weight excluding hydrogens is 1670 g/mol. The SMILES string of the molecule is C1=CC2CC1C(c1ccccc1)C2c1ccccc1.C1=CC2CC1C1Cc3ccccc3C21.C1=CC2CC1C1Cc3ccccc3CC21.C1=CC2CC1C1c3cccc4cccc(c34)C21.C1=CC2CC1CC2c1c2ccccc2cc2ccccc12.C1=CC2CC1CC2c1ccc(-c2ccccc2)cc1.C1=CC2CC1CC2c1ccc2ccccc2c1.C1=CC2CC1CC2c1cccc2ccccc12. The Hall–Kier alpha value is -12.5. The summed E-state index contributed by atoms with van der Waals surface area (Å²) < 4.78 is 0. The second-order valence-electron chi connectivity index (χ2n) is 45.6. The van der Waals surface area contributed by atoms with Gasteiger partial charge in [-0.15, -0.1) is 0 Å². The summed E-state index contributed by atoms with van der Waals surface area (Å²) in [5, 5.41) is 14.3. The van der Waals surface area contributed by atoms with Crippen LogP contribution in [0.5, 0.6) is 0 Å². The molecule has 686 valence electrons. The summed E-state index contributed by atoms with van der Waals surface area (Å²) in [5.74, 6) is 22.9. The Bertz CT molecular complexity index is 7130. The highest BCUT2D eigenvalue weighted by atomic mass is 14.6. The van der Waals surface area contributed by atoms with E-state index in [1.807, 2.05) is 0 Å². The molecule has 19 aliphatic carbocycles. The Morgan fingerprint density at radius 2 is 0.525 bits per heavy atom. The van der Waals surface area contributed by atoms with Crippen molar-refractivity contribution >= 4 is 53.9 Å². The van der Waals surface area contributed by atoms with Crippen molar-refractivity contribution in [1.29, 1.82) is 0 Å². The third kappa shape index (κ3) is 15.9. The molecule has 16 bridgehead atoms. The predicted molar refractivity (Wildman–Crippen MR) is 582 cm³/mol. The van der Waals surface area contributed by atoms with Gasteiger partial charge in [0, 0.05) is 0 Å². The lowest BCUT2D eigenvalue weighted by Crippen LogP contribution is -2.28. The highest BCUT2D eigenvalue weighted by Gasteiger charge is 2.53. The van der Waals surface area contributed by atoms with Crippen LogP contribution in [-0.4, -0.2) is 0 Å². The maximum absolute atomic E-state index is 2.49. The van der Waals surface area contributed by atoms with Crippen molar-refractivity contribution in [3.63, 3.8) is 0 Å². The average Bonchev–Trinajstić information content (AvgIpc) is 1.55. The Labute approximate surface area is 824 Å². The van der Waals surface area contributed by atoms with Crippen LogP contribution in [0.25, 0.3) is 65.0 Å². The quantitative estimate of drug-likeness (QED) is 0.110. The smallest absolute Gasteiger partial charge is 0.00178 e. The summed E-state index contributed by atoms with van der Waals surface area (Å²) in [4.78, 5) is 0. The topological polar surface area (TPSA) is 0 Å². The van der Waals surface area contributed by atoms with E-state index in [9.17, 15) is 0 Å². The molecule has 0 spiro atoms. The van der Waals surface area contributed by atoms with Crippen molar-refractivity contribution in [2.45, 2.75) is 150 Å². The first-order valence-corrected chi connectivity index (χ1v) is 54.1. The second kappa shape index (κ2) is 36.6. The molecule has 15 aromatic carbocycles. The number of rotatable bonds is 7. The van der Waals surface area contributed by atoms with E-state index in [1.54, 1.807) is 55.5 Å². The van der Waals surface area contributed by atoms with Crippen LogP contribution >= 0.6 is 0 Å². The lowest BCUT2D eigenvalue weighted by atomic mass is 9.71. The molecule has 139 heavy (non-hydrogen) atoms. The van der Waals surface area contributed by atoms with E-state index in [0.29, 0.717) is 17.8 Å². The minimum absolute atomic E-state index is 0.665. The standard InChI is InChI=1S/C21H18.2C19H18.C17H14.2C17H16.C15H16.C14H14/c1-3-7-18-15(5-1)13-16-6-2-4-8-19(16)21(18)20-12-14-9-10-17(20)11-14;1-3-7-14(8-4-1)18-16-11-12-17(13-16)19(18)15-9-5-2-6-10-15;1-2-4-15(5-3-1)16-8-10-17(11-9-16)19-13-14-6-7-18(19)12-14;1-3-10-4-2-6-14-15(10)13(5-1)16-11-7-8-12(9-11)17(14)16;1-2-6-15-13(4-1)5-3-7-16(15)17-11-12-8-9-14(17)10-12;1-2-4-14-11-16(8-7-13(14)3-1)17-10-12-5-6-15(17)9-12;1-2-4-11-9-15-13-6-5-12(7-13)14(15)8-10(11)3-1;1-2-4-12-9(3-1)8-13-10-5-6-11(7-10)14(12)13/h1-10,13-14,17,20H,11-12H2;1-12,16-19H,13H2;1-11,14,18-19H,12-13H2;1-8,11-12,16-17H,9H2;1-9,12,14,17H,10-11H2;1-8,11-12,15,17H,9-10H2;1-6,12-15H,7-9H2;1-6,10-11,13-14H,7-8H2. The van der Waals surface area contributed by atoms with Crippen LogP contribution in [0.3, 0.4) is 0 Å². The van der Waals surface area contributed by atoms with Crippen LogP contribution in [0.1, 0.15) is 197 Å². The van der Waals surface area contributed by atoms with Crippen molar-refractivity contribution < 1.29 is 0 Å². The maximum atomic E-state index is 2.49. The van der Waals surface area contributed by atoms with E-state index >= 15 is 0 Å². The molecule has 0 nitrogen and oxygen atoms in total. The van der Waals surface area contributed by atoms with Crippen LogP contribution in [-0.2, 0) is 19.3 Å². The summed E-state index contributed by atoms with van der Waals surface area (Å²) in [6, 6.07) is 125. The highest BCUT2D eigenvalue weighted by Crippen LogP contribution is 2.65. The normalized spacial score (nSPS) is 32.5. The van der Waals surface area contributed by atoms with E-state index in [0.717, 1.165) is 148 Å². The Morgan fingerprint density at radius 1 is 0.165 bits per heavy atom. The molecule has 0 amide bonds. The van der Waals surface area contributed by atoms with Crippen molar-refractivity contribution in [3.8, 4) is 11.1 Å². The second-order valence-corrected chi connectivity index (χ2v) is 45.6. The van der Waals surface area contributed by atoms with Gasteiger partial charge in [-0.05, 0) is 400 Å². The molecule has 8 saturated carbocycles. The first-order chi connectivity index (χ1) is 68.8. The fraction of sp³-hybridized carbons (Fsp3) is 0.309. The van der Waals surface area contributed by atoms with E-state index in [1.165, 1.54) is 173 Å². The van der Waals surface area contributed by atoms with Crippen LogP contribution in [0.2, 0.25) is 0 Å². The van der Waals surface area contributed by atoms with Gasteiger partial charge in [-0.1, -0.05) is 431 Å². The zero-order valence-electron chi connectivity index (χ0n) is 80.3. The van der Waals surface area contributed by atoms with Gasteiger partial charge in [-0.25, -0.2) is 0 Å². The third-order valence-corrected chi connectivity index (χ3v) is 38.5. The molecule has 28 atom stereocenters. The molecule has 15 aromatic rings. The van der Waals surface area contributed by atoms with Gasteiger partial charge in [-0.2, -0.15) is 0 Å². The fourth-order valence-corrected chi connectivity index (χ4v) is 32.4. The summed E-state index contributed by atoms with van der Waals surface area (Å²) in [7, 11) is 0. The summed E-state index contributed by atoms with van der Waals surface area (Å²) in [6.07, 6.45) is 59.8. The highest BCUT2D eigenvalue weighted by molar-refractivity contribution is 6.03. The molecule has 0 N–H and O–H groups in total. The number of hydrogen-bond acceptors (Lipinski definition) is 0. The molecule has 34 rings (SSSR count). The van der Waals surface area contributed by atoms with Gasteiger partial charge in [0.15, 0.2) is 0 Å². The lowest BCUT2D eigenvalue weighted by molar-refractivity contribution is 0.288. The molecule has 19 aliphatic rings. The molecule has 0 aliphatic heterocycles. The van der Waals surface area contributed by atoms with Gasteiger partial charge >= 0.3 is 0 Å². The van der Waals surface area contributed by atoms with E-state index in [-0.39, 0.29) is 0 Å². The summed E-state index contributed by atoms with van der Waals surface area (Å²) in [5.41, 5.74) is 21.7. The first-order valence-electron chi connectivity index (χ1n) is 54.1. The van der Waals surface area contributed by atoms with Crippen molar-refractivity contribution in [1.82, 2.24) is 0 Å². The molecule has 0 saturated heterocycles. The molecule has 8 fully saturated rings. The third-order valence-electron chi connectivity index (χ3n) is 38.5. The van der Waals surface area contributed by atoms with Gasteiger partial charge in [0.05, 0.1) is 0 Å². The van der Waals surface area contributed by atoms with Crippen LogP contribution in [0, 0.1) is 112 Å². The number of hydrogen-bond donors (Lipinski definition) is 0. The Kier molecular flexibility index (Phi) is 22.6. The Morgan fingerprint density at radius 3 is 1.06 bits per heavy atom. The monoisotopic (exact) mass is 1800 g/mol. The number of allylic oxidation sites excluding steroid dienone is 16. The molecule has 0 radical (unpaired) electrons. The van der Waals surface area contributed by atoms with Crippen LogP contribution < -0.4 is 0 Å². The lowest BCUT2D eigenvalue weighted by Gasteiger charge is -2.33. The van der Waals surface area contributed by atoms with Gasteiger partial charge in [0.25, 0.3) is 0 Å². The largest absolute Gasteiger partial charge is 0.0851 e. The fourth-order valence-electron chi connectivity index (χ4n) is 32.4. The zero-order valence-corrected chi connectivity index (χ0v) is 80.3. The van der Waals surface area contributed by atoms with Crippen LogP contribution in [0.4, 0.5) is 0 Å². The Balaban J connectivity index is 0.0000000801. The maximum Gasteiger partial charge on any atom is -0.00178 e. The van der Waals surface area contributed by atoms with E-state index in [4.69, 9.17) is 0 Å². The molecule has 0 heteroatoms. The average molecular weight is 1800 g/mol. The molecule has 0 aromatic heterocycles. The van der Waals surface area contributed by atoms with Gasteiger partial charge in [0.1, 0.15) is 0 Å². The minimum atomic E-state index is 0.665. The van der Waals surface area contributed by atoms with Crippen molar-refractivity contribution in [2.75, 3.05) is 0 Å². The van der Waals surface area contributed by atoms with Gasteiger partial charge in [-0.3, -0.25) is 0 Å². The van der Waals surface area contributed by atoms with Crippen molar-refractivity contribution in [3.05, 3.63) is 504 Å². The number of fused-ring (bicyclic) bond motifs is 34. The molecule has 28 unspecified atom stereocenters. The van der Waals surface area contributed by atoms with E-state index < -0.39 is 0 Å². The minimum Gasteiger partial charge on any atom is -0.0851 e. The summed E-state index contributed by atoms with van der Waals surface area (Å²) in [6.45, 7) is 0. The summed E-state index contributed by atoms with van der Waals surface area (Å²) >= 11 is 0. The van der Waals surface area contributed by atoms with Gasteiger partial charge in [0.2, 0.25) is 0 Å². The molecule has 0 heterocycles. The molecular formula is C139H130. The van der Waals surface area contributed by atoms with Crippen molar-refractivity contribution in [2.24, 2.45) is 112 Å². The van der Waals surface area contributed by atoms with E-state index in [2.05, 4.69) is 437 Å². The number of benzene rings is 15. The predicted octanol–water partition coefficient (Wildman–Crippen LogP) is 35.1. The zero-order chi connectivity index (χ0) is 91.5. The first kappa shape index (κ1) is 85.7. The van der Waals surface area contributed by atoms with Crippen LogP contribution in [0.15, 0.2) is 437 Å². The van der Waals surface area contributed by atoms with Gasteiger partial charge < -0.3 is 0 Å².